The van der Waals surface area contributed by atoms with Crippen molar-refractivity contribution in [2.24, 2.45) is 0 Å². The van der Waals surface area contributed by atoms with Gasteiger partial charge in [-0.05, 0) is 25.0 Å². The third-order valence-corrected chi connectivity index (χ3v) is 4.31. The summed E-state index contributed by atoms with van der Waals surface area (Å²) < 4.78 is 0. The molecule has 1 atom stereocenters. The molecular weight excluding hydrogens is 311 g/mol. The maximum absolute atomic E-state index is 11.0. The number of nitrogens with one attached hydrogen (secondary N) is 1. The van der Waals surface area contributed by atoms with Crippen LogP contribution in [0.3, 0.4) is 0 Å². The number of likely N-dealkylation sites (tertiary alicyclic amines) is 1. The van der Waals surface area contributed by atoms with E-state index in [-0.39, 0.29) is 11.9 Å². The number of carbonyl (C=O) groups is 1. The van der Waals surface area contributed by atoms with E-state index in [0.717, 1.165) is 25.9 Å². The lowest BCUT2D eigenvalue weighted by atomic mass is 10.0. The Morgan fingerprint density at radius 1 is 1.43 bits per heavy atom. The van der Waals surface area contributed by atoms with Gasteiger partial charge in [0.1, 0.15) is 0 Å². The van der Waals surface area contributed by atoms with Crippen molar-refractivity contribution in [1.29, 1.82) is 0 Å². The topological polar surface area (TPSA) is 52.6 Å². The van der Waals surface area contributed by atoms with Crippen LogP contribution in [-0.4, -0.2) is 41.6 Å². The molecule has 2 N–H and O–H groups in total. The number of aliphatic hydroxyl groups is 1. The highest BCUT2D eigenvalue weighted by atomic mass is 35.5. The van der Waals surface area contributed by atoms with Gasteiger partial charge in [0, 0.05) is 48.2 Å². The maximum atomic E-state index is 11.0. The van der Waals surface area contributed by atoms with E-state index in [0.29, 0.717) is 22.2 Å². The molecule has 0 radical (unpaired) electrons. The summed E-state index contributed by atoms with van der Waals surface area (Å²) >= 11 is 12.0. The van der Waals surface area contributed by atoms with Crippen molar-refractivity contribution in [1.82, 2.24) is 10.2 Å². The van der Waals surface area contributed by atoms with Gasteiger partial charge in [-0.2, -0.15) is 0 Å². The molecule has 2 rings (SSSR count). The summed E-state index contributed by atoms with van der Waals surface area (Å²) in [6.07, 6.45) is 1.17. The van der Waals surface area contributed by atoms with Gasteiger partial charge in [-0.25, -0.2) is 0 Å². The van der Waals surface area contributed by atoms with Gasteiger partial charge < -0.3 is 15.3 Å². The quantitative estimate of drug-likeness (QED) is 0.892. The van der Waals surface area contributed by atoms with Crippen LogP contribution in [0.4, 0.5) is 0 Å². The second-order valence-corrected chi connectivity index (χ2v) is 6.30. The fourth-order valence-electron chi connectivity index (χ4n) is 2.66. The number of rotatable bonds is 4. The van der Waals surface area contributed by atoms with Crippen LogP contribution in [0.2, 0.25) is 10.0 Å². The maximum Gasteiger partial charge on any atom is 0.217 e. The van der Waals surface area contributed by atoms with Gasteiger partial charge >= 0.3 is 0 Å². The Morgan fingerprint density at radius 3 is 2.67 bits per heavy atom. The molecule has 0 bridgehead atoms. The third-order valence-electron chi connectivity index (χ3n) is 3.75. The van der Waals surface area contributed by atoms with Crippen LogP contribution in [0.25, 0.3) is 0 Å². The number of nitrogens with zero attached hydrogens (tertiary/aromatic N) is 1. The lowest BCUT2D eigenvalue weighted by Crippen LogP contribution is -2.45. The second kappa shape index (κ2) is 7.45. The van der Waals surface area contributed by atoms with Crippen LogP contribution < -0.4 is 5.32 Å². The van der Waals surface area contributed by atoms with Gasteiger partial charge in [-0.15, -0.1) is 0 Å². The third kappa shape index (κ3) is 4.85. The Balaban J connectivity index is 1.86. The van der Waals surface area contributed by atoms with Crippen molar-refractivity contribution < 1.29 is 9.90 Å². The second-order valence-electron chi connectivity index (χ2n) is 5.46. The number of amides is 1. The van der Waals surface area contributed by atoms with Gasteiger partial charge in [0.15, 0.2) is 0 Å². The highest BCUT2D eigenvalue weighted by molar-refractivity contribution is 6.35. The SMILES string of the molecule is CC(=O)NC1CCN(CC(O)c2ccc(Cl)cc2Cl)CC1. The summed E-state index contributed by atoms with van der Waals surface area (Å²) in [6, 6.07) is 5.38. The van der Waals surface area contributed by atoms with Crippen molar-refractivity contribution in [3.63, 3.8) is 0 Å². The first-order chi connectivity index (χ1) is 9.95. The van der Waals surface area contributed by atoms with Crippen molar-refractivity contribution in [3.8, 4) is 0 Å². The average molecular weight is 331 g/mol. The number of halogens is 2. The number of hydrogen-bond donors (Lipinski definition) is 2. The first kappa shape index (κ1) is 16.6. The van der Waals surface area contributed by atoms with E-state index in [1.807, 2.05) is 0 Å². The van der Waals surface area contributed by atoms with E-state index in [4.69, 9.17) is 23.2 Å². The van der Waals surface area contributed by atoms with E-state index in [1.54, 1.807) is 25.1 Å². The molecule has 0 saturated carbocycles. The van der Waals surface area contributed by atoms with E-state index in [1.165, 1.54) is 0 Å². The molecule has 6 heteroatoms. The normalized spacial score (nSPS) is 18.5. The largest absolute Gasteiger partial charge is 0.387 e. The van der Waals surface area contributed by atoms with E-state index in [9.17, 15) is 9.90 Å². The number of carbonyl (C=O) groups excluding carboxylic acids is 1. The van der Waals surface area contributed by atoms with Crippen LogP contribution >= 0.6 is 23.2 Å². The van der Waals surface area contributed by atoms with Crippen molar-refractivity contribution in [3.05, 3.63) is 33.8 Å². The minimum atomic E-state index is -0.632. The number of aliphatic hydroxyl groups excluding tert-OH is 1. The Morgan fingerprint density at radius 2 is 2.10 bits per heavy atom. The number of hydrogen-bond acceptors (Lipinski definition) is 3. The van der Waals surface area contributed by atoms with Crippen molar-refractivity contribution in [2.45, 2.75) is 31.9 Å². The van der Waals surface area contributed by atoms with Crippen molar-refractivity contribution in [2.75, 3.05) is 19.6 Å². The number of piperidine rings is 1. The predicted molar refractivity (Wildman–Crippen MR) is 84.7 cm³/mol. The first-order valence-electron chi connectivity index (χ1n) is 7.08. The summed E-state index contributed by atoms with van der Waals surface area (Å²) in [7, 11) is 0. The molecule has 1 saturated heterocycles. The Labute approximate surface area is 135 Å². The lowest BCUT2D eigenvalue weighted by Gasteiger charge is -2.33. The molecule has 1 aliphatic rings. The monoisotopic (exact) mass is 330 g/mol. The molecule has 1 unspecified atom stereocenters. The molecule has 0 aromatic heterocycles. The zero-order valence-electron chi connectivity index (χ0n) is 12.0. The van der Waals surface area contributed by atoms with Crippen LogP contribution in [0, 0.1) is 0 Å². The fraction of sp³-hybridized carbons (Fsp3) is 0.533. The molecule has 1 fully saturated rings. The summed E-state index contributed by atoms with van der Waals surface area (Å²) in [5, 5.41) is 14.3. The minimum absolute atomic E-state index is 0.0152. The van der Waals surface area contributed by atoms with Gasteiger partial charge in [-0.3, -0.25) is 4.79 Å². The Hall–Kier alpha value is -0.810. The van der Waals surface area contributed by atoms with Crippen molar-refractivity contribution >= 4 is 29.1 Å². The molecule has 0 aliphatic carbocycles. The lowest BCUT2D eigenvalue weighted by molar-refractivity contribution is -0.120. The summed E-state index contributed by atoms with van der Waals surface area (Å²) in [6.45, 7) is 3.78. The van der Waals surface area contributed by atoms with Gasteiger partial charge in [0.2, 0.25) is 5.91 Å². The Bertz CT molecular complexity index is 502. The molecule has 1 aromatic carbocycles. The predicted octanol–water partition coefficient (Wildman–Crippen LogP) is 2.63. The number of β-amino-alcohol motifs (C(OH)–C–C–N with tert-alkyl or cyclic N) is 1. The van der Waals surface area contributed by atoms with E-state index >= 15 is 0 Å². The summed E-state index contributed by atoms with van der Waals surface area (Å²) in [4.78, 5) is 13.2. The molecule has 4 nitrogen and oxygen atoms in total. The fourth-order valence-corrected chi connectivity index (χ4v) is 3.20. The molecule has 21 heavy (non-hydrogen) atoms. The minimum Gasteiger partial charge on any atom is -0.387 e. The molecular formula is C15H20Cl2N2O2. The van der Waals surface area contributed by atoms with E-state index < -0.39 is 6.10 Å². The summed E-state index contributed by atoms with van der Waals surface area (Å²) in [5.74, 6) is 0.0152. The van der Waals surface area contributed by atoms with Crippen LogP contribution in [0.15, 0.2) is 18.2 Å². The first-order valence-corrected chi connectivity index (χ1v) is 7.84. The smallest absolute Gasteiger partial charge is 0.217 e. The highest BCUT2D eigenvalue weighted by Crippen LogP contribution is 2.27. The van der Waals surface area contributed by atoms with Gasteiger partial charge in [0.05, 0.1) is 6.10 Å². The zero-order chi connectivity index (χ0) is 15.4. The Kier molecular flexibility index (Phi) is 5.88. The molecule has 1 aliphatic heterocycles. The molecule has 1 amide bonds. The number of benzene rings is 1. The van der Waals surface area contributed by atoms with Gasteiger partial charge in [0.25, 0.3) is 0 Å². The highest BCUT2D eigenvalue weighted by Gasteiger charge is 2.22. The van der Waals surface area contributed by atoms with E-state index in [2.05, 4.69) is 10.2 Å². The van der Waals surface area contributed by atoms with Crippen LogP contribution in [0.1, 0.15) is 31.4 Å². The molecule has 1 heterocycles. The standard InChI is InChI=1S/C15H20Cl2N2O2/c1-10(20)18-12-4-6-19(7-5-12)9-15(21)13-3-2-11(16)8-14(13)17/h2-3,8,12,15,21H,4-7,9H2,1H3,(H,18,20). The van der Waals surface area contributed by atoms with Crippen LogP contribution in [-0.2, 0) is 4.79 Å². The van der Waals surface area contributed by atoms with Crippen LogP contribution in [0.5, 0.6) is 0 Å². The molecule has 0 spiro atoms. The average Bonchev–Trinajstić information content (AvgIpc) is 2.40. The van der Waals surface area contributed by atoms with Gasteiger partial charge in [-0.1, -0.05) is 29.3 Å². The molecule has 1 aromatic rings. The summed E-state index contributed by atoms with van der Waals surface area (Å²) in [5.41, 5.74) is 0.699. The molecule has 116 valence electrons. The zero-order valence-corrected chi connectivity index (χ0v) is 13.5.